The average molecular weight is 137 g/mol. The van der Waals surface area contributed by atoms with Gasteiger partial charge in [0.05, 0.1) is 0 Å². The Hall–Kier alpha value is -0.930. The Kier molecular flexibility index (Phi) is 2.30. The Balaban J connectivity index is 4.06. The van der Waals surface area contributed by atoms with Crippen LogP contribution in [0, 0.1) is 0 Å². The lowest BCUT2D eigenvalue weighted by atomic mass is 10.3. The summed E-state index contributed by atoms with van der Waals surface area (Å²) in [5.74, 6) is 0. The molecule has 0 amide bonds. The normalized spacial score (nSPS) is 12.3. The van der Waals surface area contributed by atoms with E-state index in [9.17, 15) is 13.2 Å². The van der Waals surface area contributed by atoms with Crippen molar-refractivity contribution in [3.63, 3.8) is 0 Å². The fourth-order valence-electron chi connectivity index (χ4n) is 0.211. The van der Waals surface area contributed by atoms with Gasteiger partial charge in [-0.1, -0.05) is 6.58 Å². The van der Waals surface area contributed by atoms with Gasteiger partial charge >= 0.3 is 6.18 Å². The van der Waals surface area contributed by atoms with E-state index in [4.69, 9.17) is 0 Å². The molecule has 0 fully saturated rings. The van der Waals surface area contributed by atoms with Crippen molar-refractivity contribution >= 4 is 0 Å². The Bertz CT molecular complexity index is 134. The van der Waals surface area contributed by atoms with Crippen molar-refractivity contribution in [1.29, 1.82) is 0 Å². The minimum absolute atomic E-state index is 0.708. The highest BCUT2D eigenvalue weighted by molar-refractivity contribution is 5.18. The maximum absolute atomic E-state index is 11.4. The lowest BCUT2D eigenvalue weighted by Gasteiger charge is -2.02. The first-order valence-electron chi connectivity index (χ1n) is 2.13. The van der Waals surface area contributed by atoms with Crippen LogP contribution in [0.1, 0.15) is 0 Å². The van der Waals surface area contributed by atoms with Crippen LogP contribution in [0.25, 0.3) is 0 Å². The third-order valence-electron chi connectivity index (χ3n) is 0.662. The number of halogens is 3. The third kappa shape index (κ3) is 2.79. The molecule has 0 aromatic rings. The van der Waals surface area contributed by atoms with Crippen LogP contribution in [0.3, 0.4) is 0 Å². The van der Waals surface area contributed by atoms with E-state index in [1.165, 1.54) is 0 Å². The molecule has 2 N–H and O–H groups in total. The zero-order valence-electron chi connectivity index (χ0n) is 4.57. The fourth-order valence-corrected chi connectivity index (χ4v) is 0.211. The van der Waals surface area contributed by atoms with Gasteiger partial charge < -0.3 is 5.73 Å². The van der Waals surface area contributed by atoms with Gasteiger partial charge in [-0.3, -0.25) is 0 Å². The molecule has 0 aromatic heterocycles. The third-order valence-corrected chi connectivity index (χ3v) is 0.662. The van der Waals surface area contributed by atoms with E-state index in [-0.39, 0.29) is 0 Å². The van der Waals surface area contributed by atoms with Crippen molar-refractivity contribution < 1.29 is 13.2 Å². The standard InChI is InChI=1S/C5H6F3N/c1-4(2-3-9)5(6,7)8/h2-3H,1,9H2/b3-2-. The fraction of sp³-hybridized carbons (Fsp3) is 0.200. The van der Waals surface area contributed by atoms with Crippen LogP contribution in [0.15, 0.2) is 24.4 Å². The Morgan fingerprint density at radius 1 is 1.44 bits per heavy atom. The molecule has 0 radical (unpaired) electrons. The van der Waals surface area contributed by atoms with E-state index < -0.39 is 11.7 Å². The molecular formula is C5H6F3N. The highest BCUT2D eigenvalue weighted by atomic mass is 19.4. The molecule has 0 aliphatic carbocycles. The molecular weight excluding hydrogens is 131 g/mol. The van der Waals surface area contributed by atoms with Gasteiger partial charge in [0.25, 0.3) is 0 Å². The van der Waals surface area contributed by atoms with E-state index >= 15 is 0 Å². The maximum Gasteiger partial charge on any atom is 0.415 e. The van der Waals surface area contributed by atoms with E-state index in [2.05, 4.69) is 12.3 Å². The van der Waals surface area contributed by atoms with Crippen molar-refractivity contribution in [3.8, 4) is 0 Å². The maximum atomic E-state index is 11.4. The summed E-state index contributed by atoms with van der Waals surface area (Å²) in [7, 11) is 0. The van der Waals surface area contributed by atoms with Crippen LogP contribution in [0.4, 0.5) is 13.2 Å². The van der Waals surface area contributed by atoms with Gasteiger partial charge in [0.2, 0.25) is 0 Å². The van der Waals surface area contributed by atoms with Crippen LogP contribution in [-0.4, -0.2) is 6.18 Å². The largest absolute Gasteiger partial charge is 0.415 e. The summed E-state index contributed by atoms with van der Waals surface area (Å²) in [6.07, 6.45) is -2.84. The summed E-state index contributed by atoms with van der Waals surface area (Å²) in [5, 5.41) is 0. The number of nitrogens with two attached hydrogens (primary N) is 1. The molecule has 0 saturated heterocycles. The van der Waals surface area contributed by atoms with Gasteiger partial charge in [-0.25, -0.2) is 0 Å². The molecule has 0 saturated carbocycles. The highest BCUT2D eigenvalue weighted by Crippen LogP contribution is 2.24. The monoisotopic (exact) mass is 137 g/mol. The molecule has 0 heterocycles. The molecule has 0 aliphatic rings. The quantitative estimate of drug-likeness (QED) is 0.545. The van der Waals surface area contributed by atoms with Crippen molar-refractivity contribution in [2.24, 2.45) is 5.73 Å². The van der Waals surface area contributed by atoms with Crippen molar-refractivity contribution in [2.75, 3.05) is 0 Å². The molecule has 1 nitrogen and oxygen atoms in total. The summed E-state index contributed by atoms with van der Waals surface area (Å²) in [4.78, 5) is 0. The van der Waals surface area contributed by atoms with E-state index in [1.807, 2.05) is 0 Å². The second kappa shape index (κ2) is 2.57. The first kappa shape index (κ1) is 8.07. The summed E-state index contributed by atoms with van der Waals surface area (Å²) >= 11 is 0. The smallest absolute Gasteiger partial charge is 0.405 e. The van der Waals surface area contributed by atoms with E-state index in [1.54, 1.807) is 0 Å². The van der Waals surface area contributed by atoms with Gasteiger partial charge in [0.1, 0.15) is 0 Å². The lowest BCUT2D eigenvalue weighted by Crippen LogP contribution is -2.08. The number of hydrogen-bond acceptors (Lipinski definition) is 1. The first-order chi connectivity index (χ1) is 3.98. The summed E-state index contributed by atoms with van der Waals surface area (Å²) in [6.45, 7) is 2.72. The summed E-state index contributed by atoms with van der Waals surface area (Å²) < 4.78 is 34.3. The SMILES string of the molecule is C=C(/C=C\N)C(F)(F)F. The lowest BCUT2D eigenvalue weighted by molar-refractivity contribution is -0.0878. The first-order valence-corrected chi connectivity index (χ1v) is 2.13. The van der Waals surface area contributed by atoms with Crippen LogP contribution in [0.2, 0.25) is 0 Å². The molecule has 0 rings (SSSR count). The van der Waals surface area contributed by atoms with Crippen LogP contribution >= 0.6 is 0 Å². The molecule has 0 unspecified atom stereocenters. The number of rotatable bonds is 1. The molecule has 0 aromatic carbocycles. The van der Waals surface area contributed by atoms with Crippen molar-refractivity contribution in [2.45, 2.75) is 6.18 Å². The molecule has 9 heavy (non-hydrogen) atoms. The topological polar surface area (TPSA) is 26.0 Å². The number of allylic oxidation sites excluding steroid dienone is 2. The molecule has 0 spiro atoms. The van der Waals surface area contributed by atoms with Crippen molar-refractivity contribution in [1.82, 2.24) is 0 Å². The van der Waals surface area contributed by atoms with E-state index in [0.29, 0.717) is 6.08 Å². The molecule has 4 heteroatoms. The summed E-state index contributed by atoms with van der Waals surface area (Å²) in [5.41, 5.74) is 3.74. The highest BCUT2D eigenvalue weighted by Gasteiger charge is 2.29. The Morgan fingerprint density at radius 3 is 2.00 bits per heavy atom. The predicted octanol–water partition coefficient (Wildman–Crippen LogP) is 1.58. The molecule has 52 valence electrons. The predicted molar refractivity (Wildman–Crippen MR) is 28.5 cm³/mol. The molecule has 0 aliphatic heterocycles. The van der Waals surface area contributed by atoms with Gasteiger partial charge in [-0.05, 0) is 12.3 Å². The minimum atomic E-state index is -4.35. The molecule has 0 atom stereocenters. The summed E-state index contributed by atoms with van der Waals surface area (Å²) in [6, 6.07) is 0. The second-order valence-electron chi connectivity index (χ2n) is 1.38. The van der Waals surface area contributed by atoms with Crippen LogP contribution in [0.5, 0.6) is 0 Å². The van der Waals surface area contributed by atoms with Gasteiger partial charge in [-0.15, -0.1) is 0 Å². The zero-order chi connectivity index (χ0) is 7.49. The van der Waals surface area contributed by atoms with Gasteiger partial charge in [0, 0.05) is 5.57 Å². The Labute approximate surface area is 50.7 Å². The minimum Gasteiger partial charge on any atom is -0.405 e. The molecule has 0 bridgehead atoms. The number of alkyl halides is 3. The van der Waals surface area contributed by atoms with Gasteiger partial charge in [-0.2, -0.15) is 13.2 Å². The zero-order valence-corrected chi connectivity index (χ0v) is 4.57. The Morgan fingerprint density at radius 2 is 1.89 bits per heavy atom. The van der Waals surface area contributed by atoms with Crippen LogP contribution < -0.4 is 5.73 Å². The van der Waals surface area contributed by atoms with E-state index in [0.717, 1.165) is 6.20 Å². The van der Waals surface area contributed by atoms with Crippen molar-refractivity contribution in [3.05, 3.63) is 24.4 Å². The second-order valence-corrected chi connectivity index (χ2v) is 1.38. The van der Waals surface area contributed by atoms with Crippen LogP contribution in [-0.2, 0) is 0 Å². The number of hydrogen-bond donors (Lipinski definition) is 1. The van der Waals surface area contributed by atoms with Gasteiger partial charge in [0.15, 0.2) is 0 Å². The average Bonchev–Trinajstić information content (AvgIpc) is 1.64.